The van der Waals surface area contributed by atoms with Crippen molar-refractivity contribution >= 4 is 28.3 Å². The van der Waals surface area contributed by atoms with Crippen molar-refractivity contribution < 1.29 is 8.95 Å². The van der Waals surface area contributed by atoms with Crippen molar-refractivity contribution in [1.29, 1.82) is 0 Å². The van der Waals surface area contributed by atoms with E-state index in [0.29, 0.717) is 23.7 Å². The first-order valence-electron chi connectivity index (χ1n) is 9.92. The van der Waals surface area contributed by atoms with Crippen molar-refractivity contribution in [2.75, 3.05) is 23.5 Å². The molecular weight excluding hydrogens is 358 g/mol. The van der Waals surface area contributed by atoms with Gasteiger partial charge in [0.2, 0.25) is 0 Å². The van der Waals surface area contributed by atoms with E-state index in [0.717, 1.165) is 42.6 Å². The van der Waals surface area contributed by atoms with Crippen LogP contribution in [0, 0.1) is 0 Å². The quantitative estimate of drug-likeness (QED) is 0.789. The van der Waals surface area contributed by atoms with Crippen LogP contribution in [0.15, 0.2) is 23.3 Å². The van der Waals surface area contributed by atoms with Gasteiger partial charge in [-0.1, -0.05) is 0 Å². The van der Waals surface area contributed by atoms with Crippen LogP contribution >= 0.6 is 0 Å². The van der Waals surface area contributed by atoms with E-state index in [1.807, 2.05) is 6.21 Å². The predicted molar refractivity (Wildman–Crippen MR) is 113 cm³/mol. The first kappa shape index (κ1) is 18.5. The number of allylic oxidation sites excluding steroid dienone is 1. The summed E-state index contributed by atoms with van der Waals surface area (Å²) in [5, 5.41) is 0. The van der Waals surface area contributed by atoms with E-state index >= 15 is 0 Å². The van der Waals surface area contributed by atoms with Crippen LogP contribution in [-0.4, -0.2) is 47.2 Å². The predicted octanol–water partition coefficient (Wildman–Crippen LogP) is 2.89. The van der Waals surface area contributed by atoms with E-state index < -0.39 is 10.8 Å². The van der Waals surface area contributed by atoms with Crippen LogP contribution in [0.4, 0.5) is 5.69 Å². The lowest BCUT2D eigenvalue weighted by Gasteiger charge is -2.37. The molecule has 4 rings (SSSR count). The Balaban J connectivity index is 1.69. The summed E-state index contributed by atoms with van der Waals surface area (Å²) in [5.41, 5.74) is 10.4. The highest BCUT2D eigenvalue weighted by Gasteiger charge is 2.29. The van der Waals surface area contributed by atoms with E-state index in [4.69, 9.17) is 10.5 Å². The third-order valence-electron chi connectivity index (χ3n) is 6.10. The fourth-order valence-electron chi connectivity index (χ4n) is 3.85. The Bertz CT molecular complexity index is 793. The minimum atomic E-state index is -0.693. The lowest BCUT2D eigenvalue weighted by atomic mass is 9.91. The zero-order valence-electron chi connectivity index (χ0n) is 16.2. The molecule has 5 nitrogen and oxygen atoms in total. The van der Waals surface area contributed by atoms with Crippen molar-refractivity contribution in [3.63, 3.8) is 0 Å². The molecule has 1 saturated carbocycles. The minimum absolute atomic E-state index is 0.154. The molecule has 3 aliphatic rings. The monoisotopic (exact) mass is 387 g/mol. The van der Waals surface area contributed by atoms with Crippen LogP contribution in [-0.2, 0) is 17.2 Å². The molecule has 0 amide bonds. The van der Waals surface area contributed by atoms with E-state index in [1.54, 1.807) is 6.20 Å². The van der Waals surface area contributed by atoms with Crippen molar-refractivity contribution in [3.8, 4) is 5.75 Å². The highest BCUT2D eigenvalue weighted by atomic mass is 32.2. The van der Waals surface area contributed by atoms with Crippen LogP contribution in [0.1, 0.15) is 43.7 Å². The molecule has 6 heteroatoms. The second-order valence-corrected chi connectivity index (χ2v) is 9.48. The molecule has 0 aromatic heterocycles. The maximum absolute atomic E-state index is 11.3. The maximum atomic E-state index is 11.3. The number of nitrogens with zero attached hydrogens (tertiary/aromatic N) is 2. The van der Waals surface area contributed by atoms with Gasteiger partial charge in [0.15, 0.2) is 0 Å². The number of fused-ring (bicyclic) bond motifs is 1. The fourth-order valence-corrected chi connectivity index (χ4v) is 4.78. The molecule has 2 heterocycles. The number of hydrogen-bond acceptors (Lipinski definition) is 5. The van der Waals surface area contributed by atoms with E-state index in [-0.39, 0.29) is 6.04 Å². The van der Waals surface area contributed by atoms with Crippen molar-refractivity contribution in [2.45, 2.75) is 57.2 Å². The Morgan fingerprint density at radius 2 is 2.11 bits per heavy atom. The molecule has 1 aromatic rings. The Morgan fingerprint density at radius 1 is 1.33 bits per heavy atom. The summed E-state index contributed by atoms with van der Waals surface area (Å²) in [4.78, 5) is 6.94. The minimum Gasteiger partial charge on any atom is -0.489 e. The number of anilines is 1. The van der Waals surface area contributed by atoms with Gasteiger partial charge in [0.25, 0.3) is 0 Å². The van der Waals surface area contributed by atoms with Gasteiger partial charge in [-0.05, 0) is 51.2 Å². The summed E-state index contributed by atoms with van der Waals surface area (Å²) >= 11 is 0. The number of rotatable bonds is 5. The van der Waals surface area contributed by atoms with Crippen molar-refractivity contribution in [3.05, 3.63) is 29.5 Å². The maximum Gasteiger partial charge on any atom is 0.132 e. The number of ether oxygens (including phenoxy) is 1. The van der Waals surface area contributed by atoms with Crippen molar-refractivity contribution in [1.82, 2.24) is 0 Å². The summed E-state index contributed by atoms with van der Waals surface area (Å²) in [7, 11) is 1.47. The standard InChI is InChI=1S/C21H29N3O2S/c1-14-6-7-19-20(24(14)2)9-8-18(21(19)26-17-4-3-5-17)15(10-22)11-23-16-12-27(25)13-16/h8-11,14,16-17H,3-7,12-13,22H2,1-2H3. The van der Waals surface area contributed by atoms with E-state index in [9.17, 15) is 4.21 Å². The second kappa shape index (κ2) is 7.66. The van der Waals surface area contributed by atoms with Crippen LogP contribution in [0.25, 0.3) is 5.57 Å². The van der Waals surface area contributed by atoms with Crippen LogP contribution in [0.5, 0.6) is 5.75 Å². The molecule has 0 bridgehead atoms. The molecule has 0 spiro atoms. The molecule has 2 fully saturated rings. The molecule has 0 radical (unpaired) electrons. The Morgan fingerprint density at radius 3 is 2.74 bits per heavy atom. The number of aliphatic imine (C=N–C) groups is 1. The van der Waals surface area contributed by atoms with Gasteiger partial charge >= 0.3 is 0 Å². The highest BCUT2D eigenvalue weighted by Crippen LogP contribution is 2.42. The van der Waals surface area contributed by atoms with Crippen LogP contribution < -0.4 is 15.4 Å². The highest BCUT2D eigenvalue weighted by molar-refractivity contribution is 7.86. The first-order chi connectivity index (χ1) is 13.1. The van der Waals surface area contributed by atoms with Crippen LogP contribution in [0.2, 0.25) is 0 Å². The molecule has 1 aliphatic carbocycles. The first-order valence-corrected chi connectivity index (χ1v) is 11.4. The summed E-state index contributed by atoms with van der Waals surface area (Å²) in [6, 6.07) is 4.99. The molecule has 146 valence electrons. The van der Waals surface area contributed by atoms with Gasteiger partial charge in [0.1, 0.15) is 5.75 Å². The van der Waals surface area contributed by atoms with Gasteiger partial charge in [-0.25, -0.2) is 0 Å². The van der Waals surface area contributed by atoms with Gasteiger partial charge in [0.05, 0.1) is 12.1 Å². The van der Waals surface area contributed by atoms with Crippen LogP contribution in [0.3, 0.4) is 0 Å². The molecule has 2 N–H and O–H groups in total. The van der Waals surface area contributed by atoms with Gasteiger partial charge < -0.3 is 15.4 Å². The normalized spacial score (nSPS) is 28.6. The summed E-state index contributed by atoms with van der Waals surface area (Å²) in [6.45, 7) is 2.27. The molecular formula is C21H29N3O2S. The Kier molecular flexibility index (Phi) is 5.26. The van der Waals surface area contributed by atoms with Gasteiger partial charge in [-0.2, -0.15) is 0 Å². The third-order valence-corrected chi connectivity index (χ3v) is 7.61. The number of benzene rings is 1. The average molecular weight is 388 g/mol. The van der Waals surface area contributed by atoms with Gasteiger partial charge in [-0.3, -0.25) is 9.20 Å². The SMILES string of the molecule is CC1CCc2c(ccc(C(C=NC3CS(=O)C3)=CN)c2OC2CCC2)N1C. The molecule has 1 saturated heterocycles. The van der Waals surface area contributed by atoms with E-state index in [2.05, 4.69) is 36.0 Å². The smallest absolute Gasteiger partial charge is 0.132 e. The topological polar surface area (TPSA) is 67.9 Å². The van der Waals surface area contributed by atoms with Gasteiger partial charge in [-0.15, -0.1) is 0 Å². The Hall–Kier alpha value is -1.82. The molecule has 1 unspecified atom stereocenters. The molecule has 1 atom stereocenters. The lowest BCUT2D eigenvalue weighted by molar-refractivity contribution is 0.118. The molecule has 27 heavy (non-hydrogen) atoms. The van der Waals surface area contributed by atoms with E-state index in [1.165, 1.54) is 17.7 Å². The third kappa shape index (κ3) is 3.64. The lowest BCUT2D eigenvalue weighted by Crippen LogP contribution is -2.35. The van der Waals surface area contributed by atoms with Gasteiger partial charge in [0, 0.05) is 70.2 Å². The second-order valence-electron chi connectivity index (χ2n) is 7.94. The van der Waals surface area contributed by atoms with Crippen molar-refractivity contribution in [2.24, 2.45) is 10.7 Å². The summed E-state index contributed by atoms with van der Waals surface area (Å²) < 4.78 is 17.8. The zero-order chi connectivity index (χ0) is 19.0. The number of nitrogens with two attached hydrogens (primary N) is 1. The zero-order valence-corrected chi connectivity index (χ0v) is 17.0. The Labute approximate surface area is 164 Å². The number of hydrogen-bond donors (Lipinski definition) is 1. The molecule has 2 aliphatic heterocycles. The summed E-state index contributed by atoms with van der Waals surface area (Å²) in [6.07, 6.45) is 9.40. The average Bonchev–Trinajstić information content (AvgIpc) is 2.60. The fraction of sp³-hybridized carbons (Fsp3) is 0.571. The molecule has 1 aromatic carbocycles. The largest absolute Gasteiger partial charge is 0.489 e. The summed E-state index contributed by atoms with van der Waals surface area (Å²) in [5.74, 6) is 2.30.